The van der Waals surface area contributed by atoms with Gasteiger partial charge in [0.2, 0.25) is 0 Å². The normalized spacial score (nSPS) is 13.9. The molecule has 0 spiro atoms. The SMILES string of the molecule is C[C@@H](C[C@H](O)c1ccco1)NC(=O)c1ccn2ccnc2c1. The van der Waals surface area contributed by atoms with E-state index in [9.17, 15) is 9.90 Å². The first kappa shape index (κ1) is 14.3. The Morgan fingerprint density at radius 2 is 2.32 bits per heavy atom. The number of amides is 1. The summed E-state index contributed by atoms with van der Waals surface area (Å²) in [7, 11) is 0. The fourth-order valence-electron chi connectivity index (χ4n) is 2.35. The standard InChI is InChI=1S/C16H17N3O3/c1-11(9-13(20)14-3-2-8-22-14)18-16(21)12-4-6-19-7-5-17-15(19)10-12/h2-8,10-11,13,20H,9H2,1H3,(H,18,21)/t11-,13-/m0/s1. The van der Waals surface area contributed by atoms with Crippen molar-refractivity contribution in [1.29, 1.82) is 0 Å². The van der Waals surface area contributed by atoms with Gasteiger partial charge in [0.25, 0.3) is 5.91 Å². The monoisotopic (exact) mass is 299 g/mol. The van der Waals surface area contributed by atoms with Crippen molar-refractivity contribution in [3.8, 4) is 0 Å². The first-order chi connectivity index (χ1) is 10.6. The van der Waals surface area contributed by atoms with Gasteiger partial charge in [-0.05, 0) is 31.2 Å². The average Bonchev–Trinajstić information content (AvgIpc) is 3.17. The Hall–Kier alpha value is -2.60. The summed E-state index contributed by atoms with van der Waals surface area (Å²) in [5.41, 5.74) is 1.26. The number of pyridine rings is 1. The number of hydrogen-bond donors (Lipinski definition) is 2. The van der Waals surface area contributed by atoms with E-state index < -0.39 is 6.10 Å². The Bertz CT molecular complexity index is 764. The van der Waals surface area contributed by atoms with Crippen molar-refractivity contribution < 1.29 is 14.3 Å². The van der Waals surface area contributed by atoms with E-state index in [0.717, 1.165) is 5.65 Å². The van der Waals surface area contributed by atoms with Crippen LogP contribution in [-0.2, 0) is 0 Å². The molecule has 6 nitrogen and oxygen atoms in total. The molecule has 3 heterocycles. The van der Waals surface area contributed by atoms with Crippen LogP contribution < -0.4 is 5.32 Å². The predicted molar refractivity (Wildman–Crippen MR) is 80.4 cm³/mol. The van der Waals surface area contributed by atoms with Crippen molar-refractivity contribution >= 4 is 11.6 Å². The molecule has 114 valence electrons. The lowest BCUT2D eigenvalue weighted by Crippen LogP contribution is -2.33. The van der Waals surface area contributed by atoms with E-state index in [1.165, 1.54) is 6.26 Å². The number of carbonyl (C=O) groups is 1. The van der Waals surface area contributed by atoms with Gasteiger partial charge >= 0.3 is 0 Å². The maximum absolute atomic E-state index is 12.2. The third-order valence-corrected chi connectivity index (χ3v) is 3.49. The number of nitrogens with zero attached hydrogens (tertiary/aromatic N) is 2. The largest absolute Gasteiger partial charge is 0.467 e. The zero-order valence-corrected chi connectivity index (χ0v) is 12.1. The average molecular weight is 299 g/mol. The molecular formula is C16H17N3O3. The van der Waals surface area contributed by atoms with Crippen LogP contribution in [0.4, 0.5) is 0 Å². The van der Waals surface area contributed by atoms with Crippen LogP contribution in [0.5, 0.6) is 0 Å². The van der Waals surface area contributed by atoms with Crippen molar-refractivity contribution in [1.82, 2.24) is 14.7 Å². The molecule has 0 aromatic carbocycles. The summed E-state index contributed by atoms with van der Waals surface area (Å²) in [4.78, 5) is 16.4. The number of rotatable bonds is 5. The molecule has 0 unspecified atom stereocenters. The molecule has 0 aliphatic carbocycles. The fraction of sp³-hybridized carbons (Fsp3) is 0.250. The third kappa shape index (κ3) is 3.01. The quantitative estimate of drug-likeness (QED) is 0.756. The van der Waals surface area contributed by atoms with Gasteiger partial charge in [-0.3, -0.25) is 4.79 Å². The van der Waals surface area contributed by atoms with Gasteiger partial charge in [-0.25, -0.2) is 4.98 Å². The minimum atomic E-state index is -0.736. The highest BCUT2D eigenvalue weighted by Crippen LogP contribution is 2.18. The minimum absolute atomic E-state index is 0.190. The Balaban J connectivity index is 1.63. The molecule has 22 heavy (non-hydrogen) atoms. The summed E-state index contributed by atoms with van der Waals surface area (Å²) in [6.45, 7) is 1.85. The summed E-state index contributed by atoms with van der Waals surface area (Å²) in [5, 5.41) is 12.9. The Kier molecular flexibility index (Phi) is 3.93. The minimum Gasteiger partial charge on any atom is -0.467 e. The maximum Gasteiger partial charge on any atom is 0.251 e. The van der Waals surface area contributed by atoms with Crippen LogP contribution in [0.25, 0.3) is 5.65 Å². The lowest BCUT2D eigenvalue weighted by Gasteiger charge is -2.16. The summed E-state index contributed by atoms with van der Waals surface area (Å²) in [6, 6.07) is 6.71. The molecule has 3 rings (SSSR count). The lowest BCUT2D eigenvalue weighted by molar-refractivity contribution is 0.0903. The second-order valence-corrected chi connectivity index (χ2v) is 5.25. The molecule has 3 aromatic rings. The second-order valence-electron chi connectivity index (χ2n) is 5.25. The summed E-state index contributed by atoms with van der Waals surface area (Å²) >= 11 is 0. The molecule has 0 aliphatic heterocycles. The zero-order chi connectivity index (χ0) is 15.5. The number of imidazole rings is 1. The van der Waals surface area contributed by atoms with Crippen molar-refractivity contribution in [2.45, 2.75) is 25.5 Å². The number of carbonyl (C=O) groups excluding carboxylic acids is 1. The topological polar surface area (TPSA) is 79.8 Å². The van der Waals surface area contributed by atoms with Crippen LogP contribution in [-0.4, -0.2) is 26.4 Å². The summed E-state index contributed by atoms with van der Waals surface area (Å²) in [6.07, 6.45) is 6.45. The summed E-state index contributed by atoms with van der Waals surface area (Å²) < 4.78 is 6.99. The molecule has 2 atom stereocenters. The van der Waals surface area contributed by atoms with Crippen molar-refractivity contribution in [3.63, 3.8) is 0 Å². The fourth-order valence-corrected chi connectivity index (χ4v) is 2.35. The van der Waals surface area contributed by atoms with E-state index in [2.05, 4.69) is 10.3 Å². The van der Waals surface area contributed by atoms with Crippen LogP contribution in [0, 0.1) is 0 Å². The molecule has 0 aliphatic rings. The van der Waals surface area contributed by atoms with Crippen molar-refractivity contribution in [3.05, 3.63) is 60.4 Å². The van der Waals surface area contributed by atoms with Gasteiger partial charge in [0.05, 0.1) is 6.26 Å². The molecule has 0 bridgehead atoms. The number of nitrogens with one attached hydrogen (secondary N) is 1. The smallest absolute Gasteiger partial charge is 0.251 e. The molecule has 3 aromatic heterocycles. The van der Waals surface area contributed by atoms with Crippen LogP contribution in [0.3, 0.4) is 0 Å². The third-order valence-electron chi connectivity index (χ3n) is 3.49. The Labute approximate surface area is 127 Å². The van der Waals surface area contributed by atoms with Crippen molar-refractivity contribution in [2.75, 3.05) is 0 Å². The van der Waals surface area contributed by atoms with Gasteiger partial charge < -0.3 is 19.2 Å². The molecule has 2 N–H and O–H groups in total. The highest BCUT2D eigenvalue weighted by Gasteiger charge is 2.17. The number of hydrogen-bond acceptors (Lipinski definition) is 4. The van der Waals surface area contributed by atoms with Gasteiger partial charge in [0, 0.05) is 36.6 Å². The van der Waals surface area contributed by atoms with E-state index in [1.54, 1.807) is 36.7 Å². The Morgan fingerprint density at radius 1 is 1.45 bits per heavy atom. The van der Waals surface area contributed by atoms with Crippen LogP contribution in [0.15, 0.2) is 53.5 Å². The molecular weight excluding hydrogens is 282 g/mol. The van der Waals surface area contributed by atoms with Gasteiger partial charge in [0.1, 0.15) is 17.5 Å². The Morgan fingerprint density at radius 3 is 3.09 bits per heavy atom. The van der Waals surface area contributed by atoms with Gasteiger partial charge in [-0.1, -0.05) is 0 Å². The number of furan rings is 1. The predicted octanol–water partition coefficient (Wildman–Crippen LogP) is 2.17. The molecule has 6 heteroatoms. The second kappa shape index (κ2) is 6.03. The van der Waals surface area contributed by atoms with Gasteiger partial charge in [-0.2, -0.15) is 0 Å². The van der Waals surface area contributed by atoms with Gasteiger partial charge in [0.15, 0.2) is 0 Å². The lowest BCUT2D eigenvalue weighted by atomic mass is 10.1. The van der Waals surface area contributed by atoms with E-state index in [1.807, 2.05) is 17.5 Å². The molecule has 0 radical (unpaired) electrons. The summed E-state index contributed by atoms with van der Waals surface area (Å²) in [5.74, 6) is 0.310. The van der Waals surface area contributed by atoms with E-state index in [0.29, 0.717) is 17.7 Å². The zero-order valence-electron chi connectivity index (χ0n) is 12.1. The molecule has 1 amide bonds. The number of fused-ring (bicyclic) bond motifs is 1. The van der Waals surface area contributed by atoms with Crippen molar-refractivity contribution in [2.24, 2.45) is 0 Å². The first-order valence-corrected chi connectivity index (χ1v) is 7.08. The van der Waals surface area contributed by atoms with E-state index >= 15 is 0 Å². The number of aliphatic hydroxyl groups is 1. The highest BCUT2D eigenvalue weighted by molar-refractivity contribution is 5.95. The van der Waals surface area contributed by atoms with Crippen LogP contribution >= 0.6 is 0 Å². The number of aromatic nitrogens is 2. The van der Waals surface area contributed by atoms with Crippen LogP contribution in [0.2, 0.25) is 0 Å². The maximum atomic E-state index is 12.2. The van der Waals surface area contributed by atoms with E-state index in [4.69, 9.17) is 4.42 Å². The molecule has 0 saturated carbocycles. The van der Waals surface area contributed by atoms with Crippen LogP contribution in [0.1, 0.15) is 35.6 Å². The molecule has 0 saturated heterocycles. The van der Waals surface area contributed by atoms with Gasteiger partial charge in [-0.15, -0.1) is 0 Å². The number of aliphatic hydroxyl groups excluding tert-OH is 1. The highest BCUT2D eigenvalue weighted by atomic mass is 16.4. The first-order valence-electron chi connectivity index (χ1n) is 7.08. The van der Waals surface area contributed by atoms with E-state index in [-0.39, 0.29) is 11.9 Å². The molecule has 0 fully saturated rings.